The van der Waals surface area contributed by atoms with Crippen molar-refractivity contribution in [3.05, 3.63) is 117 Å². The molecule has 2 heterocycles. The van der Waals surface area contributed by atoms with E-state index in [1.165, 1.54) is 47.0 Å². The van der Waals surface area contributed by atoms with Gasteiger partial charge in [-0.1, -0.05) is 141 Å². The van der Waals surface area contributed by atoms with E-state index >= 15 is 0 Å². The number of alkyl halides is 2. The maximum absolute atomic E-state index is 14.9. The van der Waals surface area contributed by atoms with Crippen molar-refractivity contribution in [2.24, 2.45) is 0 Å². The Kier molecular flexibility index (Phi) is 16.7. The first-order chi connectivity index (χ1) is 32.7. The number of nitrogens with zero attached hydrogens (tertiary/aromatic N) is 6. The summed E-state index contributed by atoms with van der Waals surface area (Å²) in [4.78, 5) is 87.6. The molecule has 344 valence electrons. The Hall–Kier alpha value is -4.84. The minimum absolute atomic E-state index is 0.0832. The highest BCUT2D eigenvalue weighted by Crippen LogP contribution is 2.44. The van der Waals surface area contributed by atoms with Crippen LogP contribution in [0.3, 0.4) is 0 Å². The second-order valence-corrected chi connectivity index (χ2v) is 20.5. The standard InChI is InChI=1S/C49H46Cl2N8O4S4/c1-3-5-11-25-65-47-55-45(57-49(59-47)67-27-13-23-51)53-35-21-19-29(37-39(35)43(63)33-17-10-8-15-31(33)41(37)61)28-18-20-34(38-36(28)40(60)30-14-7-9-16-32(30)42(38)62)52-44-54-46(64-24-6-4-2)58-48(56-44)66-26-12-22-50/h7-10,14-21H,3-6,11-13,22-27H2,1-2H3,(H,52,54,56,58)(H,53,55,57,59). The SMILES string of the molecule is CCCCCSc1nc(Nc2ccc(-c3ccc(Nc4nc(SCCCC)nc(SCCCCl)n4)c4c3C(=O)c3ccccc3C4=O)c3c2C(=O)c2ccccc2C3=O)nc(SCCCCl)n1. The van der Waals surface area contributed by atoms with Crippen LogP contribution in [0.15, 0.2) is 93.4 Å². The molecule has 0 bridgehead atoms. The minimum atomic E-state index is -0.410. The predicted octanol–water partition coefficient (Wildman–Crippen LogP) is 12.4. The molecule has 2 aromatic heterocycles. The third-order valence-electron chi connectivity index (χ3n) is 10.8. The van der Waals surface area contributed by atoms with Crippen LogP contribution in [0.2, 0.25) is 0 Å². The number of fused-ring (bicyclic) bond motifs is 4. The topological polar surface area (TPSA) is 170 Å². The van der Waals surface area contributed by atoms with Gasteiger partial charge < -0.3 is 10.6 Å². The first-order valence-electron chi connectivity index (χ1n) is 22.1. The highest BCUT2D eigenvalue weighted by molar-refractivity contribution is 8.00. The second kappa shape index (κ2) is 23.0. The fraction of sp³-hybridized carbons (Fsp3) is 0.306. The largest absolute Gasteiger partial charge is 0.323 e. The van der Waals surface area contributed by atoms with Crippen molar-refractivity contribution in [2.45, 2.75) is 79.4 Å². The highest BCUT2D eigenvalue weighted by atomic mass is 35.5. The Labute approximate surface area is 416 Å². The molecule has 0 aliphatic heterocycles. The van der Waals surface area contributed by atoms with Crippen LogP contribution in [0.4, 0.5) is 23.3 Å². The molecule has 0 saturated heterocycles. The summed E-state index contributed by atoms with van der Waals surface area (Å²) in [5.41, 5.74) is 2.52. The number of carbonyl (C=O) groups is 4. The lowest BCUT2D eigenvalue weighted by atomic mass is 9.75. The molecule has 0 unspecified atom stereocenters. The molecule has 12 nitrogen and oxygen atoms in total. The third-order valence-corrected chi connectivity index (χ3v) is 15.1. The van der Waals surface area contributed by atoms with Gasteiger partial charge in [-0.2, -0.15) is 29.9 Å². The number of halogens is 2. The molecular formula is C49H46Cl2N8O4S4. The zero-order chi connectivity index (χ0) is 46.9. The molecule has 2 N–H and O–H groups in total. The molecule has 0 radical (unpaired) electrons. The Balaban J connectivity index is 1.27. The van der Waals surface area contributed by atoms with Crippen LogP contribution in [0.25, 0.3) is 11.1 Å². The molecule has 4 aromatic carbocycles. The number of benzene rings is 4. The Morgan fingerprint density at radius 2 is 0.746 bits per heavy atom. The van der Waals surface area contributed by atoms with E-state index in [0.29, 0.717) is 66.4 Å². The number of hydrogen-bond acceptors (Lipinski definition) is 16. The van der Waals surface area contributed by atoms with E-state index in [4.69, 9.17) is 48.1 Å². The van der Waals surface area contributed by atoms with Crippen LogP contribution in [0.5, 0.6) is 0 Å². The molecular weight excluding hydrogens is 964 g/mol. The van der Waals surface area contributed by atoms with Gasteiger partial charge in [-0.05, 0) is 48.9 Å². The highest BCUT2D eigenvalue weighted by Gasteiger charge is 2.39. The second-order valence-electron chi connectivity index (χ2n) is 15.5. The van der Waals surface area contributed by atoms with Gasteiger partial charge in [0, 0.05) is 68.2 Å². The third kappa shape index (κ3) is 10.9. The summed E-state index contributed by atoms with van der Waals surface area (Å²) in [6.45, 7) is 4.27. The number of carbonyl (C=O) groups excluding carboxylic acids is 4. The molecule has 67 heavy (non-hydrogen) atoms. The van der Waals surface area contributed by atoms with Crippen LogP contribution >= 0.6 is 70.2 Å². The fourth-order valence-electron chi connectivity index (χ4n) is 7.65. The number of anilines is 4. The van der Waals surface area contributed by atoms with Gasteiger partial charge in [-0.25, -0.2) is 0 Å². The molecule has 0 amide bonds. The first kappa shape index (κ1) is 48.6. The number of hydrogen-bond donors (Lipinski definition) is 2. The molecule has 2 aliphatic carbocycles. The van der Waals surface area contributed by atoms with Crippen LogP contribution < -0.4 is 10.6 Å². The molecule has 2 aliphatic rings. The summed E-state index contributed by atoms with van der Waals surface area (Å²) in [5.74, 6) is 2.87. The maximum Gasteiger partial charge on any atom is 0.232 e. The van der Waals surface area contributed by atoms with Crippen molar-refractivity contribution in [2.75, 3.05) is 45.4 Å². The van der Waals surface area contributed by atoms with Crippen LogP contribution in [-0.4, -0.2) is 87.8 Å². The average molecular weight is 1010 g/mol. The van der Waals surface area contributed by atoms with Crippen molar-refractivity contribution >= 4 is 117 Å². The summed E-state index contributed by atoms with van der Waals surface area (Å²) < 4.78 is 0. The Morgan fingerprint density at radius 3 is 1.10 bits per heavy atom. The molecule has 0 spiro atoms. The summed E-state index contributed by atoms with van der Waals surface area (Å²) in [5, 5.41) is 8.64. The number of aromatic nitrogens is 6. The van der Waals surface area contributed by atoms with Crippen LogP contribution in [0.1, 0.15) is 122 Å². The van der Waals surface area contributed by atoms with Gasteiger partial charge in [0.25, 0.3) is 0 Å². The quantitative estimate of drug-likeness (QED) is 0.0373. The summed E-state index contributed by atoms with van der Waals surface area (Å²) in [6, 6.07) is 20.2. The van der Waals surface area contributed by atoms with Gasteiger partial charge in [0.15, 0.2) is 43.8 Å². The van der Waals surface area contributed by atoms with Gasteiger partial charge in [0.05, 0.1) is 22.5 Å². The van der Waals surface area contributed by atoms with E-state index in [9.17, 15) is 19.2 Å². The van der Waals surface area contributed by atoms with Crippen molar-refractivity contribution in [3.63, 3.8) is 0 Å². The maximum atomic E-state index is 14.9. The smallest absolute Gasteiger partial charge is 0.232 e. The monoisotopic (exact) mass is 1010 g/mol. The van der Waals surface area contributed by atoms with E-state index in [2.05, 4.69) is 29.5 Å². The van der Waals surface area contributed by atoms with Crippen molar-refractivity contribution < 1.29 is 19.2 Å². The lowest BCUT2D eigenvalue weighted by Gasteiger charge is -2.26. The van der Waals surface area contributed by atoms with Gasteiger partial charge >= 0.3 is 0 Å². The molecule has 6 aromatic rings. The number of unbranched alkanes of at least 4 members (excludes halogenated alkanes) is 3. The van der Waals surface area contributed by atoms with E-state index in [0.717, 1.165) is 56.5 Å². The normalized spacial score (nSPS) is 12.7. The Bertz CT molecular complexity index is 2840. The van der Waals surface area contributed by atoms with E-state index in [1.54, 1.807) is 72.8 Å². The van der Waals surface area contributed by atoms with E-state index < -0.39 is 23.1 Å². The number of nitrogens with one attached hydrogen (secondary N) is 2. The molecule has 0 atom stereocenters. The van der Waals surface area contributed by atoms with E-state index in [-0.39, 0.29) is 56.4 Å². The summed E-state index contributed by atoms with van der Waals surface area (Å²) in [6.07, 6.45) is 6.68. The van der Waals surface area contributed by atoms with Crippen molar-refractivity contribution in [3.8, 4) is 11.1 Å². The van der Waals surface area contributed by atoms with Gasteiger partial charge in [-0.15, -0.1) is 23.2 Å². The Morgan fingerprint density at radius 1 is 0.403 bits per heavy atom. The number of thioether (sulfide) groups is 4. The van der Waals surface area contributed by atoms with Crippen molar-refractivity contribution in [1.82, 2.24) is 29.9 Å². The zero-order valence-electron chi connectivity index (χ0n) is 36.8. The molecule has 8 rings (SSSR count). The summed E-state index contributed by atoms with van der Waals surface area (Å²) >= 11 is 17.9. The van der Waals surface area contributed by atoms with E-state index in [1.807, 2.05) is 0 Å². The lowest BCUT2D eigenvalue weighted by molar-refractivity contribution is 0.0978. The van der Waals surface area contributed by atoms with Crippen LogP contribution in [-0.2, 0) is 0 Å². The molecule has 0 fully saturated rings. The predicted molar refractivity (Wildman–Crippen MR) is 273 cm³/mol. The average Bonchev–Trinajstić information content (AvgIpc) is 3.34. The lowest BCUT2D eigenvalue weighted by Crippen LogP contribution is -2.25. The minimum Gasteiger partial charge on any atom is -0.323 e. The summed E-state index contributed by atoms with van der Waals surface area (Å²) in [7, 11) is 0. The van der Waals surface area contributed by atoms with Gasteiger partial charge in [-0.3, -0.25) is 19.2 Å². The number of rotatable bonds is 22. The van der Waals surface area contributed by atoms with Gasteiger partial charge in [0.2, 0.25) is 11.9 Å². The van der Waals surface area contributed by atoms with Crippen molar-refractivity contribution in [1.29, 1.82) is 0 Å². The fourth-order valence-corrected chi connectivity index (χ4v) is 11.6. The van der Waals surface area contributed by atoms with Gasteiger partial charge in [0.1, 0.15) is 0 Å². The zero-order valence-corrected chi connectivity index (χ0v) is 41.6. The molecule has 0 saturated carbocycles. The first-order valence-corrected chi connectivity index (χ1v) is 27.2. The van der Waals surface area contributed by atoms with Crippen LogP contribution in [0, 0.1) is 0 Å². The molecule has 18 heteroatoms. The number of ketones is 4.